The molecule has 1 aromatic rings. The molecule has 1 aliphatic heterocycles. The molecule has 0 aliphatic carbocycles. The van der Waals surface area contributed by atoms with Gasteiger partial charge in [-0.05, 0) is 0 Å². The number of aliphatic carboxylic acids is 1. The Hall–Kier alpha value is -2.31. The van der Waals surface area contributed by atoms with Crippen LogP contribution >= 0.6 is 0 Å². The minimum atomic E-state index is -1.11. The third-order valence-corrected chi connectivity index (χ3v) is 2.48. The molecule has 1 aromatic heterocycles. The summed E-state index contributed by atoms with van der Waals surface area (Å²) in [5, 5.41) is 15.5. The second-order valence-electron chi connectivity index (χ2n) is 3.54. The van der Waals surface area contributed by atoms with Crippen molar-refractivity contribution in [2.75, 3.05) is 6.61 Å². The molecule has 90 valence electrons. The van der Waals surface area contributed by atoms with Gasteiger partial charge in [-0.25, -0.2) is 9.59 Å². The van der Waals surface area contributed by atoms with Crippen LogP contribution in [0.3, 0.4) is 0 Å². The molecule has 0 saturated carbocycles. The fraction of sp³-hybridized carbons (Fsp3) is 0.300. The lowest BCUT2D eigenvalue weighted by atomic mass is 10.1. The van der Waals surface area contributed by atoms with Crippen LogP contribution in [0.2, 0.25) is 0 Å². The number of amides is 1. The lowest BCUT2D eigenvalue weighted by Crippen LogP contribution is -2.34. The van der Waals surface area contributed by atoms with Crippen LogP contribution in [0.5, 0.6) is 0 Å². The van der Waals surface area contributed by atoms with E-state index in [0.717, 1.165) is 4.90 Å². The number of hydrogen-bond acceptors (Lipinski definition) is 4. The first-order valence-electron chi connectivity index (χ1n) is 4.94. The molecule has 7 heteroatoms. The molecule has 17 heavy (non-hydrogen) atoms. The summed E-state index contributed by atoms with van der Waals surface area (Å²) in [6.07, 6.45) is 2.15. The number of aromatic nitrogens is 2. The Labute approximate surface area is 96.7 Å². The highest BCUT2D eigenvalue weighted by Gasteiger charge is 2.40. The van der Waals surface area contributed by atoms with Gasteiger partial charge in [-0.2, -0.15) is 5.10 Å². The Morgan fingerprint density at radius 3 is 3.18 bits per heavy atom. The standard InChI is InChI=1S/C10H11N3O4/c1-2-3-17-10(16)13-5-7-6(4-11-12-7)8(13)9(14)15/h2,4,8H,1,3,5H2,(H,11,12)(H,14,15). The molecular formula is C10H11N3O4. The number of nitrogens with zero attached hydrogens (tertiary/aromatic N) is 2. The van der Waals surface area contributed by atoms with E-state index in [9.17, 15) is 9.59 Å². The predicted octanol–water partition coefficient (Wildman–Crippen LogP) is 0.674. The van der Waals surface area contributed by atoms with Gasteiger partial charge in [0.1, 0.15) is 6.61 Å². The molecule has 2 rings (SSSR count). The quantitative estimate of drug-likeness (QED) is 0.753. The van der Waals surface area contributed by atoms with Gasteiger partial charge in [0.25, 0.3) is 0 Å². The zero-order chi connectivity index (χ0) is 12.4. The molecule has 0 aromatic carbocycles. The lowest BCUT2D eigenvalue weighted by molar-refractivity contribution is -0.142. The van der Waals surface area contributed by atoms with Gasteiger partial charge in [0.05, 0.1) is 18.4 Å². The fourth-order valence-electron chi connectivity index (χ4n) is 1.76. The van der Waals surface area contributed by atoms with Crippen LogP contribution in [0.4, 0.5) is 4.79 Å². The maximum atomic E-state index is 11.6. The molecule has 2 N–H and O–H groups in total. The molecule has 7 nitrogen and oxygen atoms in total. The molecule has 1 aliphatic rings. The Kier molecular flexibility index (Phi) is 2.82. The number of H-pyrrole nitrogens is 1. The number of aromatic amines is 1. The summed E-state index contributed by atoms with van der Waals surface area (Å²) in [5.41, 5.74) is 1.11. The van der Waals surface area contributed by atoms with Crippen LogP contribution in [0, 0.1) is 0 Å². The Morgan fingerprint density at radius 1 is 1.76 bits per heavy atom. The van der Waals surface area contributed by atoms with Crippen molar-refractivity contribution < 1.29 is 19.4 Å². The van der Waals surface area contributed by atoms with Gasteiger partial charge in [0.15, 0.2) is 6.04 Å². The molecule has 0 fully saturated rings. The molecule has 0 saturated heterocycles. The number of carbonyl (C=O) groups excluding carboxylic acids is 1. The van der Waals surface area contributed by atoms with Crippen LogP contribution in [0.15, 0.2) is 18.9 Å². The predicted molar refractivity (Wildman–Crippen MR) is 56.1 cm³/mol. The number of carbonyl (C=O) groups is 2. The van der Waals surface area contributed by atoms with Crippen molar-refractivity contribution in [3.8, 4) is 0 Å². The molecule has 2 heterocycles. The molecule has 1 atom stereocenters. The highest BCUT2D eigenvalue weighted by atomic mass is 16.6. The van der Waals surface area contributed by atoms with Crippen molar-refractivity contribution in [3.05, 3.63) is 30.1 Å². The minimum Gasteiger partial charge on any atom is -0.479 e. The maximum Gasteiger partial charge on any atom is 0.411 e. The van der Waals surface area contributed by atoms with E-state index in [4.69, 9.17) is 9.84 Å². The second-order valence-corrected chi connectivity index (χ2v) is 3.54. The third kappa shape index (κ3) is 1.86. The normalized spacial score (nSPS) is 17.6. The van der Waals surface area contributed by atoms with Crippen molar-refractivity contribution >= 4 is 12.1 Å². The fourth-order valence-corrected chi connectivity index (χ4v) is 1.76. The van der Waals surface area contributed by atoms with Gasteiger partial charge in [0.2, 0.25) is 0 Å². The monoisotopic (exact) mass is 237 g/mol. The van der Waals surface area contributed by atoms with Crippen LogP contribution in [0.25, 0.3) is 0 Å². The Balaban J connectivity index is 2.20. The number of carboxylic acid groups (broad SMARTS) is 1. The summed E-state index contributed by atoms with van der Waals surface area (Å²) in [6, 6.07) is -1.04. The van der Waals surface area contributed by atoms with Gasteiger partial charge in [-0.15, -0.1) is 0 Å². The highest BCUT2D eigenvalue weighted by Crippen LogP contribution is 2.32. The van der Waals surface area contributed by atoms with E-state index >= 15 is 0 Å². The first-order chi connectivity index (χ1) is 8.15. The van der Waals surface area contributed by atoms with Crippen molar-refractivity contribution in [1.82, 2.24) is 15.1 Å². The van der Waals surface area contributed by atoms with E-state index in [2.05, 4.69) is 16.8 Å². The summed E-state index contributed by atoms with van der Waals surface area (Å²) in [5.74, 6) is -1.11. The first-order valence-corrected chi connectivity index (χ1v) is 4.94. The zero-order valence-corrected chi connectivity index (χ0v) is 8.92. The number of hydrogen-bond donors (Lipinski definition) is 2. The summed E-state index contributed by atoms with van der Waals surface area (Å²) in [6.45, 7) is 3.62. The SMILES string of the molecule is C=CCOC(=O)N1Cc2[nH]ncc2C1C(=O)O. The van der Waals surface area contributed by atoms with E-state index in [1.807, 2.05) is 0 Å². The number of carboxylic acids is 1. The van der Waals surface area contributed by atoms with Crippen molar-refractivity contribution in [2.24, 2.45) is 0 Å². The van der Waals surface area contributed by atoms with Crippen molar-refractivity contribution in [2.45, 2.75) is 12.6 Å². The second kappa shape index (κ2) is 4.28. The smallest absolute Gasteiger partial charge is 0.411 e. The summed E-state index contributed by atoms with van der Waals surface area (Å²) < 4.78 is 4.83. The highest BCUT2D eigenvalue weighted by molar-refractivity contribution is 5.83. The first kappa shape index (κ1) is 11.2. The van der Waals surface area contributed by atoms with E-state index in [1.165, 1.54) is 12.3 Å². The molecule has 1 unspecified atom stereocenters. The molecule has 1 amide bonds. The van der Waals surface area contributed by atoms with Gasteiger partial charge < -0.3 is 9.84 Å². The van der Waals surface area contributed by atoms with E-state index in [-0.39, 0.29) is 13.2 Å². The lowest BCUT2D eigenvalue weighted by Gasteiger charge is -2.20. The average Bonchev–Trinajstić information content (AvgIpc) is 2.83. The van der Waals surface area contributed by atoms with Crippen LogP contribution in [0.1, 0.15) is 17.3 Å². The van der Waals surface area contributed by atoms with Gasteiger partial charge in [0, 0.05) is 5.56 Å². The topological polar surface area (TPSA) is 95.5 Å². The van der Waals surface area contributed by atoms with Crippen LogP contribution in [-0.2, 0) is 16.1 Å². The summed E-state index contributed by atoms with van der Waals surface area (Å²) in [7, 11) is 0. The number of fused-ring (bicyclic) bond motifs is 1. The van der Waals surface area contributed by atoms with Crippen molar-refractivity contribution in [3.63, 3.8) is 0 Å². The van der Waals surface area contributed by atoms with E-state index in [0.29, 0.717) is 11.3 Å². The Bertz CT molecular complexity index is 468. The molecule has 0 radical (unpaired) electrons. The largest absolute Gasteiger partial charge is 0.479 e. The third-order valence-electron chi connectivity index (χ3n) is 2.48. The number of ether oxygens (including phenoxy) is 1. The van der Waals surface area contributed by atoms with Gasteiger partial charge >= 0.3 is 12.1 Å². The maximum absolute atomic E-state index is 11.6. The summed E-state index contributed by atoms with van der Waals surface area (Å²) >= 11 is 0. The van der Waals surface area contributed by atoms with Crippen molar-refractivity contribution in [1.29, 1.82) is 0 Å². The van der Waals surface area contributed by atoms with E-state index in [1.54, 1.807) is 0 Å². The van der Waals surface area contributed by atoms with Crippen LogP contribution in [-0.4, -0.2) is 38.9 Å². The molecule has 0 spiro atoms. The zero-order valence-electron chi connectivity index (χ0n) is 8.92. The van der Waals surface area contributed by atoms with E-state index < -0.39 is 18.1 Å². The van der Waals surface area contributed by atoms with Gasteiger partial charge in [-0.1, -0.05) is 12.7 Å². The average molecular weight is 237 g/mol. The molecule has 0 bridgehead atoms. The molecular weight excluding hydrogens is 226 g/mol. The number of nitrogens with one attached hydrogen (secondary N) is 1. The summed E-state index contributed by atoms with van der Waals surface area (Å²) in [4.78, 5) is 23.9. The number of rotatable bonds is 3. The van der Waals surface area contributed by atoms with Crippen LogP contribution < -0.4 is 0 Å². The Morgan fingerprint density at radius 2 is 2.53 bits per heavy atom. The minimum absolute atomic E-state index is 0.0495. The van der Waals surface area contributed by atoms with Gasteiger partial charge in [-0.3, -0.25) is 10.00 Å².